The molecule has 128 valence electrons. The molecule has 1 N–H and O–H groups in total. The van der Waals surface area contributed by atoms with Crippen LogP contribution in [0, 0.1) is 11.8 Å². The first-order chi connectivity index (χ1) is 10.8. The predicted octanol–water partition coefficient (Wildman–Crippen LogP) is 3.30. The number of ether oxygens (including phenoxy) is 1. The fourth-order valence-corrected chi connectivity index (χ4v) is 5.66. The van der Waals surface area contributed by atoms with Crippen LogP contribution in [0.4, 0.5) is 4.79 Å². The highest BCUT2D eigenvalue weighted by Gasteiger charge is 2.43. The molecule has 23 heavy (non-hydrogen) atoms. The minimum Gasteiger partial charge on any atom is -0.446 e. The lowest BCUT2D eigenvalue weighted by Gasteiger charge is -2.42. The summed E-state index contributed by atoms with van der Waals surface area (Å²) in [5.41, 5.74) is 0. The van der Waals surface area contributed by atoms with Crippen LogP contribution in [0.1, 0.15) is 27.7 Å². The highest BCUT2D eigenvalue weighted by atomic mass is 32.2. The first kappa shape index (κ1) is 17.8. The van der Waals surface area contributed by atoms with Gasteiger partial charge in [0, 0.05) is 17.9 Å². The van der Waals surface area contributed by atoms with Crippen molar-refractivity contribution in [2.24, 2.45) is 16.2 Å². The van der Waals surface area contributed by atoms with Crippen LogP contribution in [0.3, 0.4) is 0 Å². The van der Waals surface area contributed by atoms with E-state index in [2.05, 4.69) is 23.5 Å². The van der Waals surface area contributed by atoms with E-state index in [-0.39, 0.29) is 29.2 Å². The van der Waals surface area contributed by atoms with E-state index in [1.807, 2.05) is 44.2 Å². The minimum atomic E-state index is -2.64. The van der Waals surface area contributed by atoms with E-state index in [9.17, 15) is 9.00 Å². The number of amides is 1. The van der Waals surface area contributed by atoms with Crippen LogP contribution in [0.2, 0.25) is 0 Å². The van der Waals surface area contributed by atoms with Gasteiger partial charge >= 0.3 is 6.09 Å². The van der Waals surface area contributed by atoms with Gasteiger partial charge in [0.1, 0.15) is 6.10 Å². The highest BCUT2D eigenvalue weighted by Crippen LogP contribution is 2.32. The van der Waals surface area contributed by atoms with Crippen molar-refractivity contribution in [3.63, 3.8) is 0 Å². The van der Waals surface area contributed by atoms with Gasteiger partial charge in [-0.2, -0.15) is 0 Å². The number of cyclic esters (lactones) is 1. The minimum absolute atomic E-state index is 0.0778. The SMILES string of the molecule is CN=S(=O)(c1ccccc1)[C@H](C)[C@H]1NC(=O)O[C@@H](C)[C@@H]1C(C)C. The second-order valence-electron chi connectivity index (χ2n) is 6.37. The zero-order chi connectivity index (χ0) is 17.2. The Hall–Kier alpha value is -1.56. The van der Waals surface area contributed by atoms with Gasteiger partial charge < -0.3 is 10.1 Å². The molecule has 2 rings (SSSR count). The summed E-state index contributed by atoms with van der Waals surface area (Å²) in [4.78, 5) is 12.6. The van der Waals surface area contributed by atoms with Gasteiger partial charge in [0.25, 0.3) is 0 Å². The van der Waals surface area contributed by atoms with E-state index in [0.29, 0.717) is 4.90 Å². The Labute approximate surface area is 139 Å². The van der Waals surface area contributed by atoms with Gasteiger partial charge in [-0.1, -0.05) is 32.0 Å². The van der Waals surface area contributed by atoms with E-state index in [4.69, 9.17) is 4.74 Å². The molecule has 1 aliphatic heterocycles. The number of benzene rings is 1. The molecule has 1 aromatic rings. The maximum atomic E-state index is 13.6. The Morgan fingerprint density at radius 3 is 2.35 bits per heavy atom. The zero-order valence-electron chi connectivity index (χ0n) is 14.4. The maximum absolute atomic E-state index is 13.6. The van der Waals surface area contributed by atoms with Crippen LogP contribution in [0.15, 0.2) is 39.6 Å². The summed E-state index contributed by atoms with van der Waals surface area (Å²) >= 11 is 0. The van der Waals surface area contributed by atoms with Gasteiger partial charge in [-0.15, -0.1) is 0 Å². The van der Waals surface area contributed by atoms with Gasteiger partial charge in [-0.05, 0) is 31.9 Å². The first-order valence-electron chi connectivity index (χ1n) is 7.97. The summed E-state index contributed by atoms with van der Waals surface area (Å²) in [5.74, 6) is 0.364. The highest BCUT2D eigenvalue weighted by molar-refractivity contribution is 7.94. The van der Waals surface area contributed by atoms with Gasteiger partial charge in [0.15, 0.2) is 0 Å². The summed E-state index contributed by atoms with van der Waals surface area (Å²) in [7, 11) is -1.06. The number of hydrogen-bond acceptors (Lipinski definition) is 4. The molecule has 5 atom stereocenters. The Morgan fingerprint density at radius 1 is 1.22 bits per heavy atom. The van der Waals surface area contributed by atoms with E-state index < -0.39 is 15.8 Å². The Bertz CT molecular complexity index is 666. The smallest absolute Gasteiger partial charge is 0.407 e. The number of hydrogen-bond donors (Lipinski definition) is 1. The molecule has 1 aromatic carbocycles. The molecule has 5 nitrogen and oxygen atoms in total. The number of rotatable bonds is 4. The normalized spacial score (nSPS) is 28.4. The molecule has 0 bridgehead atoms. The van der Waals surface area contributed by atoms with Gasteiger partial charge in [-0.3, -0.25) is 0 Å². The van der Waals surface area contributed by atoms with Crippen molar-refractivity contribution < 1.29 is 13.7 Å². The molecule has 1 unspecified atom stereocenters. The third-order valence-electron chi connectivity index (χ3n) is 4.67. The van der Waals surface area contributed by atoms with Crippen molar-refractivity contribution in [2.45, 2.75) is 50.0 Å². The maximum Gasteiger partial charge on any atom is 0.407 e. The molecule has 0 aromatic heterocycles. The van der Waals surface area contributed by atoms with Crippen LogP contribution in [0.25, 0.3) is 0 Å². The number of nitrogens with one attached hydrogen (secondary N) is 1. The standard InChI is InChI=1S/C17H26N2O3S/c1-11(2)15-12(3)22-17(20)19-16(15)13(4)23(21,18-5)14-9-7-6-8-10-14/h6-13,15-16H,1-5H3,(H,19,20)/t12-,13+,15-,16+,23?/m0/s1. The van der Waals surface area contributed by atoms with Gasteiger partial charge in [0.05, 0.1) is 21.0 Å². The number of alkyl carbamates (subject to hydrolysis) is 1. The summed E-state index contributed by atoms with van der Waals surface area (Å²) < 4.78 is 23.1. The lowest BCUT2D eigenvalue weighted by molar-refractivity contribution is 0.00818. The lowest BCUT2D eigenvalue weighted by Crippen LogP contribution is -2.59. The Kier molecular flexibility index (Phi) is 5.34. The second kappa shape index (κ2) is 6.91. The fourth-order valence-electron chi connectivity index (χ4n) is 3.49. The molecular weight excluding hydrogens is 312 g/mol. The topological polar surface area (TPSA) is 67.8 Å². The third-order valence-corrected chi connectivity index (χ3v) is 7.46. The summed E-state index contributed by atoms with van der Waals surface area (Å²) in [6.07, 6.45) is -0.662. The average Bonchev–Trinajstić information content (AvgIpc) is 2.53. The van der Waals surface area contributed by atoms with Crippen molar-refractivity contribution in [1.29, 1.82) is 0 Å². The summed E-state index contributed by atoms with van der Waals surface area (Å²) in [6, 6.07) is 9.03. The van der Waals surface area contributed by atoms with Crippen LogP contribution in [-0.4, -0.2) is 34.7 Å². The van der Waals surface area contributed by atoms with Crippen LogP contribution in [-0.2, 0) is 14.5 Å². The molecule has 1 fully saturated rings. The summed E-state index contributed by atoms with van der Waals surface area (Å²) in [6.45, 7) is 7.99. The average molecular weight is 338 g/mol. The van der Waals surface area contributed by atoms with E-state index in [1.165, 1.54) is 0 Å². The molecule has 1 heterocycles. The zero-order valence-corrected chi connectivity index (χ0v) is 15.2. The largest absolute Gasteiger partial charge is 0.446 e. The quantitative estimate of drug-likeness (QED) is 0.916. The molecule has 0 saturated carbocycles. The molecular formula is C17H26N2O3S. The van der Waals surface area contributed by atoms with Crippen molar-refractivity contribution in [3.8, 4) is 0 Å². The van der Waals surface area contributed by atoms with Gasteiger partial charge in [-0.25, -0.2) is 13.4 Å². The Balaban J connectivity index is 2.45. The fraction of sp³-hybridized carbons (Fsp3) is 0.588. The van der Waals surface area contributed by atoms with E-state index in [0.717, 1.165) is 0 Å². The molecule has 0 spiro atoms. The van der Waals surface area contributed by atoms with Crippen LogP contribution >= 0.6 is 0 Å². The number of carbonyl (C=O) groups is 1. The monoisotopic (exact) mass is 338 g/mol. The molecule has 1 amide bonds. The first-order valence-corrected chi connectivity index (χ1v) is 9.55. The molecule has 0 radical (unpaired) electrons. The Morgan fingerprint density at radius 2 is 1.83 bits per heavy atom. The molecule has 0 aliphatic carbocycles. The number of nitrogens with zero attached hydrogens (tertiary/aromatic N) is 1. The van der Waals surface area contributed by atoms with Crippen molar-refractivity contribution in [3.05, 3.63) is 30.3 Å². The molecule has 1 saturated heterocycles. The van der Waals surface area contributed by atoms with Crippen molar-refractivity contribution in [2.75, 3.05) is 7.05 Å². The number of carbonyl (C=O) groups excluding carboxylic acids is 1. The van der Waals surface area contributed by atoms with Crippen LogP contribution < -0.4 is 5.32 Å². The van der Waals surface area contributed by atoms with Crippen LogP contribution in [0.5, 0.6) is 0 Å². The molecule has 6 heteroatoms. The van der Waals surface area contributed by atoms with Crippen molar-refractivity contribution >= 4 is 15.8 Å². The van der Waals surface area contributed by atoms with Crippen molar-refractivity contribution in [1.82, 2.24) is 5.32 Å². The lowest BCUT2D eigenvalue weighted by atomic mass is 9.82. The van der Waals surface area contributed by atoms with Gasteiger partial charge in [0.2, 0.25) is 0 Å². The summed E-state index contributed by atoms with van der Waals surface area (Å²) in [5, 5.41) is 2.57. The van der Waals surface area contributed by atoms with E-state index >= 15 is 0 Å². The second-order valence-corrected chi connectivity index (χ2v) is 9.09. The molecule has 1 aliphatic rings. The van der Waals surface area contributed by atoms with E-state index in [1.54, 1.807) is 7.05 Å². The predicted molar refractivity (Wildman–Crippen MR) is 91.9 cm³/mol. The third kappa shape index (κ3) is 3.37.